The first-order valence-electron chi connectivity index (χ1n) is 4.19. The third-order valence-electron chi connectivity index (χ3n) is 1.97. The fourth-order valence-corrected chi connectivity index (χ4v) is 1.15. The summed E-state index contributed by atoms with van der Waals surface area (Å²) in [5, 5.41) is 18.5. The van der Waals surface area contributed by atoms with Gasteiger partial charge in [0.25, 0.3) is 0 Å². The maximum atomic E-state index is 11.4. The Morgan fingerprint density at radius 1 is 1.62 bits per heavy atom. The number of aliphatic hydroxyl groups is 1. The summed E-state index contributed by atoms with van der Waals surface area (Å²) in [7, 11) is 0. The predicted octanol–water partition coefficient (Wildman–Crippen LogP) is 0.696. The smallest absolute Gasteiger partial charge is 0.229 e. The average molecular weight is 183 g/mol. The van der Waals surface area contributed by atoms with Gasteiger partial charge in [-0.1, -0.05) is 6.92 Å². The van der Waals surface area contributed by atoms with E-state index in [0.717, 1.165) is 0 Å². The molecular formula is C9H13NO3. The minimum absolute atomic E-state index is 0.190. The zero-order valence-corrected chi connectivity index (χ0v) is 7.66. The minimum Gasteiger partial charge on any atom is -0.503 e. The van der Waals surface area contributed by atoms with E-state index in [-0.39, 0.29) is 11.3 Å². The Hall–Kier alpha value is -1.29. The van der Waals surface area contributed by atoms with Gasteiger partial charge in [-0.15, -0.1) is 0 Å². The van der Waals surface area contributed by atoms with Crippen LogP contribution in [0.2, 0.25) is 0 Å². The summed E-state index contributed by atoms with van der Waals surface area (Å²) in [5.41, 5.74) is 0.190. The lowest BCUT2D eigenvalue weighted by atomic mass is 10.1. The number of hydrogen-bond donors (Lipinski definition) is 3. The molecule has 0 bridgehead atoms. The lowest BCUT2D eigenvalue weighted by Gasteiger charge is -2.06. The van der Waals surface area contributed by atoms with Gasteiger partial charge >= 0.3 is 0 Å². The van der Waals surface area contributed by atoms with Crippen LogP contribution in [0.3, 0.4) is 0 Å². The normalized spacial score (nSPS) is 12.8. The summed E-state index contributed by atoms with van der Waals surface area (Å²) in [6, 6.07) is 0. The number of hydrogen-bond acceptors (Lipinski definition) is 3. The van der Waals surface area contributed by atoms with Crippen LogP contribution in [0.1, 0.15) is 31.2 Å². The zero-order valence-electron chi connectivity index (χ0n) is 7.66. The van der Waals surface area contributed by atoms with Crippen molar-refractivity contribution in [1.29, 1.82) is 0 Å². The second kappa shape index (κ2) is 3.62. The Labute approximate surface area is 75.9 Å². The summed E-state index contributed by atoms with van der Waals surface area (Å²) in [6.45, 7) is 3.31. The summed E-state index contributed by atoms with van der Waals surface area (Å²) < 4.78 is 0. The summed E-state index contributed by atoms with van der Waals surface area (Å²) >= 11 is 0. The van der Waals surface area contributed by atoms with Gasteiger partial charge in [0.05, 0.1) is 11.8 Å². The van der Waals surface area contributed by atoms with Crippen LogP contribution >= 0.6 is 0 Å². The molecule has 0 aromatic carbocycles. The third kappa shape index (κ3) is 1.72. The van der Waals surface area contributed by atoms with Crippen LogP contribution in [-0.4, -0.2) is 15.2 Å². The number of aliphatic hydroxyl groups excluding tert-OH is 1. The second-order valence-corrected chi connectivity index (χ2v) is 2.93. The van der Waals surface area contributed by atoms with E-state index in [1.54, 1.807) is 0 Å². The number of aromatic hydroxyl groups is 1. The number of H-pyrrole nitrogens is 1. The van der Waals surface area contributed by atoms with Gasteiger partial charge in [-0.3, -0.25) is 4.79 Å². The Kier molecular flexibility index (Phi) is 2.72. The molecule has 1 heterocycles. The summed E-state index contributed by atoms with van der Waals surface area (Å²) in [5.74, 6) is -0.291. The summed E-state index contributed by atoms with van der Waals surface area (Å²) in [4.78, 5) is 14.1. The first kappa shape index (κ1) is 9.80. The molecule has 0 saturated carbocycles. The van der Waals surface area contributed by atoms with Gasteiger partial charge < -0.3 is 15.2 Å². The highest BCUT2D eigenvalue weighted by molar-refractivity contribution is 5.31. The van der Waals surface area contributed by atoms with E-state index in [1.807, 2.05) is 6.92 Å². The highest BCUT2D eigenvalue weighted by atomic mass is 16.3. The quantitative estimate of drug-likeness (QED) is 0.631. The van der Waals surface area contributed by atoms with Gasteiger partial charge in [0.2, 0.25) is 5.43 Å². The van der Waals surface area contributed by atoms with Crippen LogP contribution in [0.15, 0.2) is 11.0 Å². The van der Waals surface area contributed by atoms with Crippen molar-refractivity contribution >= 4 is 0 Å². The molecule has 0 aliphatic carbocycles. The number of nitrogens with one attached hydrogen (secondary N) is 1. The average Bonchev–Trinajstić information content (AvgIpc) is 2.09. The van der Waals surface area contributed by atoms with Gasteiger partial charge in [0, 0.05) is 11.8 Å². The number of pyridine rings is 1. The standard InChI is InChI=1S/C9H13NO3/c1-3-7-9(13)8(12)6(4-10-7)5(2)11/h4-5,11,13H,3H2,1-2H3,(H,10,12). The first-order valence-corrected chi connectivity index (χ1v) is 4.19. The number of aromatic nitrogens is 1. The van der Waals surface area contributed by atoms with Crippen molar-refractivity contribution in [2.45, 2.75) is 26.4 Å². The van der Waals surface area contributed by atoms with E-state index >= 15 is 0 Å². The van der Waals surface area contributed by atoms with Gasteiger partial charge in [-0.25, -0.2) is 0 Å². The van der Waals surface area contributed by atoms with Crippen molar-refractivity contribution in [1.82, 2.24) is 4.98 Å². The maximum absolute atomic E-state index is 11.4. The molecule has 0 fully saturated rings. The van der Waals surface area contributed by atoms with Crippen molar-refractivity contribution in [3.05, 3.63) is 27.7 Å². The molecule has 0 amide bonds. The molecule has 0 aliphatic rings. The SMILES string of the molecule is CCc1[nH]cc(C(C)O)c(=O)c1O. The second-order valence-electron chi connectivity index (χ2n) is 2.93. The monoisotopic (exact) mass is 183 g/mol. The molecule has 1 rings (SSSR count). The molecule has 1 aromatic rings. The molecule has 4 nitrogen and oxygen atoms in total. The topological polar surface area (TPSA) is 73.3 Å². The molecule has 4 heteroatoms. The molecular weight excluding hydrogens is 170 g/mol. The largest absolute Gasteiger partial charge is 0.503 e. The van der Waals surface area contributed by atoms with Crippen LogP contribution in [0.5, 0.6) is 5.75 Å². The van der Waals surface area contributed by atoms with Crippen LogP contribution in [0.4, 0.5) is 0 Å². The van der Waals surface area contributed by atoms with Crippen molar-refractivity contribution < 1.29 is 10.2 Å². The molecule has 13 heavy (non-hydrogen) atoms. The van der Waals surface area contributed by atoms with E-state index in [1.165, 1.54) is 13.1 Å². The molecule has 1 atom stereocenters. The Morgan fingerprint density at radius 2 is 2.23 bits per heavy atom. The molecule has 3 N–H and O–H groups in total. The van der Waals surface area contributed by atoms with E-state index in [9.17, 15) is 9.90 Å². The zero-order chi connectivity index (χ0) is 10.0. The summed E-state index contributed by atoms with van der Waals surface area (Å²) in [6.07, 6.45) is 1.13. The van der Waals surface area contributed by atoms with E-state index in [0.29, 0.717) is 12.1 Å². The molecule has 0 aliphatic heterocycles. The van der Waals surface area contributed by atoms with Crippen molar-refractivity contribution in [2.75, 3.05) is 0 Å². The van der Waals surface area contributed by atoms with E-state index in [4.69, 9.17) is 5.11 Å². The van der Waals surface area contributed by atoms with Crippen molar-refractivity contribution in [3.63, 3.8) is 0 Å². The van der Waals surface area contributed by atoms with Gasteiger partial charge in [0.1, 0.15) is 0 Å². The van der Waals surface area contributed by atoms with Gasteiger partial charge in [-0.05, 0) is 13.3 Å². The number of rotatable bonds is 2. The molecule has 1 aromatic heterocycles. The fourth-order valence-electron chi connectivity index (χ4n) is 1.15. The molecule has 0 radical (unpaired) electrons. The van der Waals surface area contributed by atoms with E-state index < -0.39 is 11.5 Å². The molecule has 0 saturated heterocycles. The van der Waals surface area contributed by atoms with Gasteiger partial charge in [-0.2, -0.15) is 0 Å². The van der Waals surface area contributed by atoms with E-state index in [2.05, 4.69) is 4.98 Å². The minimum atomic E-state index is -0.861. The first-order chi connectivity index (χ1) is 6.07. The highest BCUT2D eigenvalue weighted by Crippen LogP contribution is 2.13. The maximum Gasteiger partial charge on any atom is 0.229 e. The number of aromatic amines is 1. The van der Waals surface area contributed by atoms with Crippen LogP contribution in [0, 0.1) is 0 Å². The Balaban J connectivity index is 3.32. The highest BCUT2D eigenvalue weighted by Gasteiger charge is 2.12. The lowest BCUT2D eigenvalue weighted by molar-refractivity contribution is 0.197. The van der Waals surface area contributed by atoms with Crippen LogP contribution in [-0.2, 0) is 6.42 Å². The molecule has 1 unspecified atom stereocenters. The fraction of sp³-hybridized carbons (Fsp3) is 0.444. The Morgan fingerprint density at radius 3 is 2.69 bits per heavy atom. The van der Waals surface area contributed by atoms with Crippen LogP contribution in [0.25, 0.3) is 0 Å². The molecule has 0 spiro atoms. The van der Waals surface area contributed by atoms with Crippen LogP contribution < -0.4 is 5.43 Å². The molecule has 72 valence electrons. The predicted molar refractivity (Wildman–Crippen MR) is 48.7 cm³/mol. The lowest BCUT2D eigenvalue weighted by Crippen LogP contribution is -2.13. The third-order valence-corrected chi connectivity index (χ3v) is 1.97. The Bertz CT molecular complexity index is 354. The van der Waals surface area contributed by atoms with Gasteiger partial charge in [0.15, 0.2) is 5.75 Å². The van der Waals surface area contributed by atoms with Crippen molar-refractivity contribution in [2.24, 2.45) is 0 Å². The number of aryl methyl sites for hydroxylation is 1. The van der Waals surface area contributed by atoms with Crippen molar-refractivity contribution in [3.8, 4) is 5.75 Å².